The number of hydrogen-bond acceptors (Lipinski definition) is 10. The van der Waals surface area contributed by atoms with E-state index in [4.69, 9.17) is 19.7 Å². The van der Waals surface area contributed by atoms with Gasteiger partial charge in [0.1, 0.15) is 22.3 Å². The molecule has 0 spiro atoms. The van der Waals surface area contributed by atoms with E-state index < -0.39 is 0 Å². The molecule has 0 bridgehead atoms. The number of piperazine rings is 1. The number of thiazole rings is 1. The fourth-order valence-corrected chi connectivity index (χ4v) is 5.55. The Balaban J connectivity index is 0.00000137. The third-order valence-corrected chi connectivity index (χ3v) is 7.53. The molecule has 9 nitrogen and oxygen atoms in total. The Kier molecular flexibility index (Phi) is 8.18. The molecule has 0 aliphatic carbocycles. The van der Waals surface area contributed by atoms with Crippen LogP contribution >= 0.6 is 11.3 Å². The Labute approximate surface area is 221 Å². The molecule has 0 atom stereocenters. The summed E-state index contributed by atoms with van der Waals surface area (Å²) in [5.74, 6) is 2.64. The monoisotopic (exact) mass is 518 g/mol. The highest BCUT2D eigenvalue weighted by molar-refractivity contribution is 7.21. The van der Waals surface area contributed by atoms with Gasteiger partial charge in [-0.2, -0.15) is 4.98 Å². The summed E-state index contributed by atoms with van der Waals surface area (Å²) in [6.45, 7) is 11.3. The lowest BCUT2D eigenvalue weighted by Crippen LogP contribution is -2.44. The average molecular weight is 519 g/mol. The number of fused-ring (bicyclic) bond motifs is 1. The highest BCUT2D eigenvalue weighted by Gasteiger charge is 2.22. The molecule has 0 unspecified atom stereocenters. The summed E-state index contributed by atoms with van der Waals surface area (Å²) in [6, 6.07) is 8.05. The third kappa shape index (κ3) is 5.87. The van der Waals surface area contributed by atoms with E-state index in [0.717, 1.165) is 102 Å². The molecule has 0 aromatic carbocycles. The first-order valence-electron chi connectivity index (χ1n) is 13.1. The summed E-state index contributed by atoms with van der Waals surface area (Å²) >= 11 is 1.61. The largest absolute Gasteiger partial charge is 0.381 e. The van der Waals surface area contributed by atoms with E-state index in [0.29, 0.717) is 5.92 Å². The summed E-state index contributed by atoms with van der Waals surface area (Å²) in [6.07, 6.45) is 5.64. The van der Waals surface area contributed by atoms with Crippen molar-refractivity contribution >= 4 is 39.1 Å². The van der Waals surface area contributed by atoms with Crippen LogP contribution in [0.4, 0.5) is 17.6 Å². The minimum absolute atomic E-state index is 0.382. The van der Waals surface area contributed by atoms with E-state index >= 15 is 0 Å². The van der Waals surface area contributed by atoms with Crippen LogP contribution in [-0.4, -0.2) is 64.3 Å². The van der Waals surface area contributed by atoms with E-state index in [2.05, 4.69) is 44.6 Å². The second kappa shape index (κ2) is 11.9. The van der Waals surface area contributed by atoms with Crippen molar-refractivity contribution in [1.29, 1.82) is 0 Å². The first-order chi connectivity index (χ1) is 18.2. The summed E-state index contributed by atoms with van der Waals surface area (Å²) in [5, 5.41) is 7.73. The predicted molar refractivity (Wildman–Crippen MR) is 150 cm³/mol. The van der Waals surface area contributed by atoms with Crippen molar-refractivity contribution in [1.82, 2.24) is 30.2 Å². The van der Waals surface area contributed by atoms with E-state index in [1.54, 1.807) is 17.5 Å². The minimum atomic E-state index is 0.382. The van der Waals surface area contributed by atoms with Crippen molar-refractivity contribution in [3.63, 3.8) is 0 Å². The van der Waals surface area contributed by atoms with Crippen LogP contribution in [0.15, 0.2) is 36.7 Å². The standard InChI is InChI=1S/C25H28N8OS.C2H6/c1-16-3-2-6-27-23(16)24-29-19-14-21(28-15-20(19)35-24)31-22-13-18(17-4-11-34-12-5-17)30-25(32-22)33-9-7-26-8-10-33;1-2/h2-3,6,13-15,17,26H,4-5,7-12H2,1H3,(H,28,30,31,32);1-2H3. The van der Waals surface area contributed by atoms with Gasteiger partial charge in [-0.05, 0) is 31.4 Å². The van der Waals surface area contributed by atoms with E-state index in [1.165, 1.54) is 0 Å². The summed E-state index contributed by atoms with van der Waals surface area (Å²) in [5.41, 5.74) is 4.00. The number of nitrogens with zero attached hydrogens (tertiary/aromatic N) is 6. The number of nitrogens with one attached hydrogen (secondary N) is 2. The molecule has 0 saturated carbocycles. The van der Waals surface area contributed by atoms with Crippen LogP contribution in [0.25, 0.3) is 20.9 Å². The zero-order chi connectivity index (χ0) is 25.6. The van der Waals surface area contributed by atoms with E-state index in [-0.39, 0.29) is 0 Å². The fraction of sp³-hybridized carbons (Fsp3) is 0.444. The van der Waals surface area contributed by atoms with E-state index in [1.807, 2.05) is 32.2 Å². The lowest BCUT2D eigenvalue weighted by atomic mass is 9.96. The lowest BCUT2D eigenvalue weighted by molar-refractivity contribution is 0.0845. The maximum atomic E-state index is 5.58. The molecule has 4 aromatic heterocycles. The average Bonchev–Trinajstić information content (AvgIpc) is 3.38. The molecule has 0 radical (unpaired) electrons. The quantitative estimate of drug-likeness (QED) is 0.381. The van der Waals surface area contributed by atoms with Crippen LogP contribution in [0, 0.1) is 6.92 Å². The number of aromatic nitrogens is 5. The van der Waals surface area contributed by atoms with Gasteiger partial charge in [0.15, 0.2) is 0 Å². The van der Waals surface area contributed by atoms with Gasteiger partial charge in [0.05, 0.1) is 15.9 Å². The zero-order valence-electron chi connectivity index (χ0n) is 21.7. The molecule has 2 N–H and O–H groups in total. The molecule has 2 saturated heterocycles. The van der Waals surface area contributed by atoms with E-state index in [9.17, 15) is 0 Å². The third-order valence-electron chi connectivity index (χ3n) is 6.52. The summed E-state index contributed by atoms with van der Waals surface area (Å²) < 4.78 is 6.61. The second-order valence-electron chi connectivity index (χ2n) is 8.95. The van der Waals surface area contributed by atoms with Gasteiger partial charge < -0.3 is 20.3 Å². The van der Waals surface area contributed by atoms with Gasteiger partial charge in [0.2, 0.25) is 5.95 Å². The van der Waals surface area contributed by atoms with Crippen molar-refractivity contribution < 1.29 is 4.74 Å². The highest BCUT2D eigenvalue weighted by atomic mass is 32.1. The van der Waals surface area contributed by atoms with Gasteiger partial charge in [0, 0.05) is 69.8 Å². The summed E-state index contributed by atoms with van der Waals surface area (Å²) in [7, 11) is 0. The number of pyridine rings is 2. The molecule has 2 fully saturated rings. The Hall–Kier alpha value is -3.21. The number of rotatable bonds is 5. The van der Waals surface area contributed by atoms with Crippen LogP contribution in [0.5, 0.6) is 0 Å². The number of hydrogen-bond donors (Lipinski definition) is 2. The molecule has 6 heterocycles. The molecule has 2 aliphatic rings. The topological polar surface area (TPSA) is 101 Å². The summed E-state index contributed by atoms with van der Waals surface area (Å²) in [4.78, 5) is 26.1. The number of anilines is 3. The number of aryl methyl sites for hydroxylation is 1. The minimum Gasteiger partial charge on any atom is -0.381 e. The van der Waals surface area contributed by atoms with Crippen LogP contribution < -0.4 is 15.5 Å². The smallest absolute Gasteiger partial charge is 0.227 e. The molecule has 0 amide bonds. The van der Waals surface area contributed by atoms with Crippen LogP contribution in [0.1, 0.15) is 43.9 Å². The Morgan fingerprint density at radius 2 is 1.84 bits per heavy atom. The maximum Gasteiger partial charge on any atom is 0.227 e. The predicted octanol–water partition coefficient (Wildman–Crippen LogP) is 4.93. The second-order valence-corrected chi connectivity index (χ2v) is 9.98. The van der Waals surface area contributed by atoms with Crippen molar-refractivity contribution in [2.45, 2.75) is 39.5 Å². The number of ether oxygens (including phenoxy) is 1. The van der Waals surface area contributed by atoms with Gasteiger partial charge in [-0.1, -0.05) is 19.9 Å². The SMILES string of the molecule is CC.Cc1cccnc1-c1nc2cc(Nc3cc(C4CCOCC4)nc(N4CCNCC4)n3)ncc2s1. The zero-order valence-corrected chi connectivity index (χ0v) is 22.5. The van der Waals surface area contributed by atoms with Gasteiger partial charge in [-0.3, -0.25) is 4.98 Å². The van der Waals surface area contributed by atoms with Crippen LogP contribution in [0.3, 0.4) is 0 Å². The molecule has 6 rings (SSSR count). The van der Waals surface area contributed by atoms with Crippen LogP contribution in [0.2, 0.25) is 0 Å². The molecule has 10 heteroatoms. The van der Waals surface area contributed by atoms with Gasteiger partial charge in [-0.15, -0.1) is 11.3 Å². The van der Waals surface area contributed by atoms with Gasteiger partial charge in [-0.25, -0.2) is 15.0 Å². The Morgan fingerprint density at radius 3 is 2.62 bits per heavy atom. The Bertz CT molecular complexity index is 1290. The lowest BCUT2D eigenvalue weighted by Gasteiger charge is -2.29. The molecule has 37 heavy (non-hydrogen) atoms. The molecular weight excluding hydrogens is 484 g/mol. The first kappa shape index (κ1) is 25.4. The van der Waals surface area contributed by atoms with Crippen molar-refractivity contribution in [2.24, 2.45) is 0 Å². The molecule has 2 aliphatic heterocycles. The van der Waals surface area contributed by atoms with Crippen molar-refractivity contribution in [3.8, 4) is 10.7 Å². The Morgan fingerprint density at radius 1 is 1.03 bits per heavy atom. The van der Waals surface area contributed by atoms with Crippen LogP contribution in [-0.2, 0) is 4.74 Å². The van der Waals surface area contributed by atoms with Crippen molar-refractivity contribution in [3.05, 3.63) is 47.9 Å². The van der Waals surface area contributed by atoms with Gasteiger partial charge >= 0.3 is 0 Å². The molecule has 194 valence electrons. The normalized spacial score (nSPS) is 16.4. The van der Waals surface area contributed by atoms with Gasteiger partial charge in [0.25, 0.3) is 0 Å². The maximum absolute atomic E-state index is 5.58. The first-order valence-corrected chi connectivity index (χ1v) is 13.9. The molecule has 4 aromatic rings. The molecular formula is C27H34N8OS. The highest BCUT2D eigenvalue weighted by Crippen LogP contribution is 2.32. The van der Waals surface area contributed by atoms with Crippen molar-refractivity contribution in [2.75, 3.05) is 49.6 Å². The fourth-order valence-electron chi connectivity index (χ4n) is 4.57.